The Labute approximate surface area is 114 Å². The van der Waals surface area contributed by atoms with Gasteiger partial charge in [-0.25, -0.2) is 0 Å². The first kappa shape index (κ1) is 14.8. The number of carboxylic acids is 1. The highest BCUT2D eigenvalue weighted by Crippen LogP contribution is 2.40. The molecular weight excluding hydrogens is 273 g/mol. The maximum atomic E-state index is 12.1. The molecule has 1 N–H and O–H groups in total. The zero-order valence-electron chi connectivity index (χ0n) is 10.7. The highest BCUT2D eigenvalue weighted by Gasteiger charge is 2.44. The number of aryl methyl sites for hydroxylation is 1. The number of alkyl halides is 3. The maximum Gasteiger partial charge on any atom is 0.522 e. The van der Waals surface area contributed by atoms with E-state index in [1.54, 1.807) is 12.1 Å². The van der Waals surface area contributed by atoms with Crippen LogP contribution in [0.4, 0.5) is 13.2 Å². The van der Waals surface area contributed by atoms with E-state index in [-0.39, 0.29) is 6.42 Å². The summed E-state index contributed by atoms with van der Waals surface area (Å²) in [5, 5.41) is 9.53. The molecule has 0 bridgehead atoms. The number of hydrogen-bond donors (Lipinski definition) is 1. The van der Waals surface area contributed by atoms with Crippen LogP contribution < -0.4 is 0 Å². The van der Waals surface area contributed by atoms with E-state index in [4.69, 9.17) is 0 Å². The average Bonchev–Trinajstić information content (AvgIpc) is 2.37. The number of benzene rings is 1. The summed E-state index contributed by atoms with van der Waals surface area (Å²) in [6, 6.07) is 7.04. The lowest BCUT2D eigenvalue weighted by atomic mass is 9.68. The normalized spacial score (nSPS) is 22.4. The SMILES string of the molecule is O=C(O)C1(CCOC(F)(F)F)CCCc2ccccc21. The minimum Gasteiger partial charge on any atom is -0.481 e. The molecule has 0 radical (unpaired) electrons. The van der Waals surface area contributed by atoms with Gasteiger partial charge in [-0.15, -0.1) is 13.2 Å². The summed E-state index contributed by atoms with van der Waals surface area (Å²) < 4.78 is 39.9. The molecule has 110 valence electrons. The number of rotatable bonds is 4. The van der Waals surface area contributed by atoms with Crippen molar-refractivity contribution in [2.45, 2.75) is 37.5 Å². The molecule has 0 saturated heterocycles. The summed E-state index contributed by atoms with van der Waals surface area (Å²) in [6.45, 7) is -0.649. The second-order valence-corrected chi connectivity index (χ2v) is 4.94. The van der Waals surface area contributed by atoms with Crippen molar-refractivity contribution in [2.75, 3.05) is 6.61 Å². The Balaban J connectivity index is 2.25. The van der Waals surface area contributed by atoms with Crippen LogP contribution in [0.2, 0.25) is 0 Å². The van der Waals surface area contributed by atoms with E-state index in [9.17, 15) is 23.1 Å². The van der Waals surface area contributed by atoms with Gasteiger partial charge in [0, 0.05) is 0 Å². The summed E-state index contributed by atoms with van der Waals surface area (Å²) in [5.74, 6) is -1.09. The third-order valence-electron chi connectivity index (χ3n) is 3.79. The van der Waals surface area contributed by atoms with Crippen molar-refractivity contribution < 1.29 is 27.8 Å². The highest BCUT2D eigenvalue weighted by atomic mass is 19.4. The van der Waals surface area contributed by atoms with Crippen molar-refractivity contribution in [3.05, 3.63) is 35.4 Å². The van der Waals surface area contributed by atoms with Gasteiger partial charge in [-0.1, -0.05) is 24.3 Å². The molecule has 0 saturated carbocycles. The first-order valence-electron chi connectivity index (χ1n) is 6.38. The van der Waals surface area contributed by atoms with Gasteiger partial charge in [-0.05, 0) is 36.8 Å². The van der Waals surface area contributed by atoms with Crippen LogP contribution in [-0.2, 0) is 21.4 Å². The molecule has 3 nitrogen and oxygen atoms in total. The molecule has 1 unspecified atom stereocenters. The molecule has 0 aromatic heterocycles. The minimum absolute atomic E-state index is 0.182. The molecule has 1 atom stereocenters. The first-order valence-corrected chi connectivity index (χ1v) is 6.38. The van der Waals surface area contributed by atoms with Crippen molar-refractivity contribution in [2.24, 2.45) is 0 Å². The number of halogens is 3. The summed E-state index contributed by atoms with van der Waals surface area (Å²) in [5.41, 5.74) is 0.234. The van der Waals surface area contributed by atoms with Crippen LogP contribution >= 0.6 is 0 Å². The van der Waals surface area contributed by atoms with Crippen molar-refractivity contribution >= 4 is 5.97 Å². The molecule has 1 aromatic rings. The van der Waals surface area contributed by atoms with E-state index in [1.807, 2.05) is 12.1 Å². The molecule has 20 heavy (non-hydrogen) atoms. The van der Waals surface area contributed by atoms with Gasteiger partial charge in [0.25, 0.3) is 0 Å². The van der Waals surface area contributed by atoms with Crippen LogP contribution in [0, 0.1) is 0 Å². The van der Waals surface area contributed by atoms with Crippen LogP contribution in [-0.4, -0.2) is 24.0 Å². The maximum absolute atomic E-state index is 12.1. The molecule has 1 aliphatic carbocycles. The molecule has 1 aromatic carbocycles. The van der Waals surface area contributed by atoms with Crippen LogP contribution in [0.5, 0.6) is 0 Å². The molecule has 1 aliphatic rings. The zero-order valence-corrected chi connectivity index (χ0v) is 10.7. The topological polar surface area (TPSA) is 46.5 Å². The van der Waals surface area contributed by atoms with Gasteiger partial charge >= 0.3 is 12.3 Å². The van der Waals surface area contributed by atoms with E-state index < -0.39 is 24.4 Å². The molecular formula is C14H15F3O3. The lowest BCUT2D eigenvalue weighted by molar-refractivity contribution is -0.325. The van der Waals surface area contributed by atoms with Crippen LogP contribution in [0.15, 0.2) is 24.3 Å². The standard InChI is InChI=1S/C14H15F3O3/c15-14(16,17)20-9-8-13(12(18)19)7-3-5-10-4-1-2-6-11(10)13/h1-2,4,6H,3,5,7-9H2,(H,18,19). The summed E-state index contributed by atoms with van der Waals surface area (Å²) in [6.07, 6.45) is -3.17. The van der Waals surface area contributed by atoms with Gasteiger partial charge in [0.15, 0.2) is 0 Å². The quantitative estimate of drug-likeness (QED) is 0.925. The van der Waals surface area contributed by atoms with E-state index in [0.29, 0.717) is 18.4 Å². The first-order chi connectivity index (χ1) is 9.35. The Hall–Kier alpha value is -1.56. The molecule has 2 rings (SSSR count). The Morgan fingerprint density at radius 1 is 1.35 bits per heavy atom. The van der Waals surface area contributed by atoms with Crippen LogP contribution in [0.1, 0.15) is 30.4 Å². The van der Waals surface area contributed by atoms with E-state index >= 15 is 0 Å². The Morgan fingerprint density at radius 3 is 2.70 bits per heavy atom. The fourth-order valence-electron chi connectivity index (χ4n) is 2.85. The number of aliphatic carboxylic acids is 1. The average molecular weight is 288 g/mol. The fourth-order valence-corrected chi connectivity index (χ4v) is 2.85. The summed E-state index contributed by atoms with van der Waals surface area (Å²) >= 11 is 0. The summed E-state index contributed by atoms with van der Waals surface area (Å²) in [7, 11) is 0. The molecule has 6 heteroatoms. The number of carboxylic acid groups (broad SMARTS) is 1. The molecule has 0 fully saturated rings. The third kappa shape index (κ3) is 2.95. The van der Waals surface area contributed by atoms with E-state index in [2.05, 4.69) is 4.74 Å². The number of ether oxygens (including phenoxy) is 1. The molecule has 0 spiro atoms. The monoisotopic (exact) mass is 288 g/mol. The Kier molecular flexibility index (Phi) is 4.04. The Morgan fingerprint density at radius 2 is 2.05 bits per heavy atom. The van der Waals surface area contributed by atoms with Crippen molar-refractivity contribution in [1.29, 1.82) is 0 Å². The van der Waals surface area contributed by atoms with E-state index in [1.165, 1.54) is 0 Å². The van der Waals surface area contributed by atoms with Gasteiger partial charge < -0.3 is 5.11 Å². The van der Waals surface area contributed by atoms with Gasteiger partial charge in [-0.3, -0.25) is 9.53 Å². The highest BCUT2D eigenvalue weighted by molar-refractivity contribution is 5.82. The Bertz CT molecular complexity index is 499. The van der Waals surface area contributed by atoms with E-state index in [0.717, 1.165) is 12.0 Å². The fraction of sp³-hybridized carbons (Fsp3) is 0.500. The van der Waals surface area contributed by atoms with Gasteiger partial charge in [0.2, 0.25) is 0 Å². The predicted octanol–water partition coefficient (Wildman–Crippen LogP) is 3.27. The minimum atomic E-state index is -4.73. The lowest BCUT2D eigenvalue weighted by Crippen LogP contribution is -2.40. The van der Waals surface area contributed by atoms with Crippen molar-refractivity contribution in [3.63, 3.8) is 0 Å². The second kappa shape index (κ2) is 5.44. The smallest absolute Gasteiger partial charge is 0.481 e. The number of fused-ring (bicyclic) bond motifs is 1. The lowest BCUT2D eigenvalue weighted by Gasteiger charge is -2.35. The zero-order chi connectivity index (χ0) is 14.8. The van der Waals surface area contributed by atoms with Gasteiger partial charge in [-0.2, -0.15) is 0 Å². The molecule has 0 heterocycles. The van der Waals surface area contributed by atoms with Gasteiger partial charge in [0.1, 0.15) is 0 Å². The van der Waals surface area contributed by atoms with Crippen LogP contribution in [0.3, 0.4) is 0 Å². The molecule has 0 aliphatic heterocycles. The third-order valence-corrected chi connectivity index (χ3v) is 3.79. The van der Waals surface area contributed by atoms with Crippen molar-refractivity contribution in [1.82, 2.24) is 0 Å². The molecule has 0 amide bonds. The summed E-state index contributed by atoms with van der Waals surface area (Å²) in [4.78, 5) is 11.7. The predicted molar refractivity (Wildman–Crippen MR) is 65.3 cm³/mol. The van der Waals surface area contributed by atoms with Crippen LogP contribution in [0.25, 0.3) is 0 Å². The number of hydrogen-bond acceptors (Lipinski definition) is 2. The second-order valence-electron chi connectivity index (χ2n) is 4.94. The van der Waals surface area contributed by atoms with Crippen molar-refractivity contribution in [3.8, 4) is 0 Å². The largest absolute Gasteiger partial charge is 0.522 e. The number of carbonyl (C=O) groups is 1. The van der Waals surface area contributed by atoms with Gasteiger partial charge in [0.05, 0.1) is 12.0 Å².